The maximum Gasteiger partial charge on any atom is 0.261 e. The lowest BCUT2D eigenvalue weighted by Crippen LogP contribution is -2.51. The molecular weight excluding hydrogens is 411 g/mol. The number of carbonyl (C=O) groups is 1. The Balaban J connectivity index is 1.83. The second-order valence-corrected chi connectivity index (χ2v) is 9.18. The van der Waals surface area contributed by atoms with Gasteiger partial charge in [0, 0.05) is 6.54 Å². The lowest BCUT2D eigenvalue weighted by atomic mass is 10.0. The molecule has 0 saturated carbocycles. The smallest absolute Gasteiger partial charge is 0.261 e. The molecule has 27 heavy (non-hydrogen) atoms. The molecule has 0 radical (unpaired) electrons. The maximum atomic E-state index is 12.4. The quantitative estimate of drug-likeness (QED) is 0.576. The molecular formula is C18H18Cl2N2O4S. The summed E-state index contributed by atoms with van der Waals surface area (Å²) in [5, 5.41) is 9.83. The summed E-state index contributed by atoms with van der Waals surface area (Å²) in [5.41, 5.74) is 4.09. The van der Waals surface area contributed by atoms with Crippen LogP contribution in [0.3, 0.4) is 0 Å². The van der Waals surface area contributed by atoms with E-state index in [-0.39, 0.29) is 12.3 Å². The molecule has 1 fully saturated rings. The molecule has 0 unspecified atom stereocenters. The summed E-state index contributed by atoms with van der Waals surface area (Å²) in [5.74, 6) is -0.727. The van der Waals surface area contributed by atoms with Crippen molar-refractivity contribution in [2.24, 2.45) is 0 Å². The van der Waals surface area contributed by atoms with Gasteiger partial charge in [0.25, 0.3) is 5.91 Å². The monoisotopic (exact) mass is 428 g/mol. The van der Waals surface area contributed by atoms with E-state index in [9.17, 15) is 13.2 Å². The fraction of sp³-hybridized carbons (Fsp3) is 0.278. The van der Waals surface area contributed by atoms with E-state index < -0.39 is 22.0 Å². The topological polar surface area (TPSA) is 86.7 Å². The summed E-state index contributed by atoms with van der Waals surface area (Å²) in [6.07, 6.45) is 0.750. The lowest BCUT2D eigenvalue weighted by molar-refractivity contribution is -0.133. The van der Waals surface area contributed by atoms with Crippen LogP contribution >= 0.6 is 23.2 Å². The first-order valence-electron chi connectivity index (χ1n) is 8.29. The number of amides is 1. The van der Waals surface area contributed by atoms with Gasteiger partial charge in [-0.3, -0.25) is 10.0 Å². The van der Waals surface area contributed by atoms with E-state index in [2.05, 4.69) is 0 Å². The molecule has 2 aromatic carbocycles. The first-order chi connectivity index (χ1) is 12.8. The predicted molar refractivity (Wildman–Crippen MR) is 104 cm³/mol. The van der Waals surface area contributed by atoms with Crippen LogP contribution in [0.4, 0.5) is 0 Å². The molecule has 1 saturated heterocycles. The SMILES string of the molecule is O=C(NO)[C@H]1CCCS(=O)(=O)N1Cc1ccc(-c2ccc(Cl)c(Cl)c2)cc1. The second-order valence-electron chi connectivity index (χ2n) is 6.32. The van der Waals surface area contributed by atoms with E-state index in [1.54, 1.807) is 29.7 Å². The Hall–Kier alpha value is -1.64. The molecule has 3 rings (SSSR count). The minimum atomic E-state index is -3.57. The zero-order chi connectivity index (χ0) is 19.6. The number of rotatable bonds is 4. The van der Waals surface area contributed by atoms with Crippen LogP contribution in [0.5, 0.6) is 0 Å². The van der Waals surface area contributed by atoms with Gasteiger partial charge in [0.1, 0.15) is 6.04 Å². The maximum absolute atomic E-state index is 12.4. The Bertz CT molecular complexity index is 948. The summed E-state index contributed by atoms with van der Waals surface area (Å²) in [7, 11) is -3.57. The molecule has 1 amide bonds. The summed E-state index contributed by atoms with van der Waals surface area (Å²) >= 11 is 12.0. The molecule has 6 nitrogen and oxygen atoms in total. The third kappa shape index (κ3) is 4.44. The average Bonchev–Trinajstić information content (AvgIpc) is 2.65. The van der Waals surface area contributed by atoms with Crippen molar-refractivity contribution in [3.8, 4) is 11.1 Å². The van der Waals surface area contributed by atoms with Gasteiger partial charge < -0.3 is 0 Å². The van der Waals surface area contributed by atoms with E-state index in [1.165, 1.54) is 0 Å². The van der Waals surface area contributed by atoms with Crippen molar-refractivity contribution in [2.75, 3.05) is 5.75 Å². The van der Waals surface area contributed by atoms with E-state index in [0.717, 1.165) is 21.0 Å². The van der Waals surface area contributed by atoms with Crippen molar-refractivity contribution in [3.05, 3.63) is 58.1 Å². The number of hydrogen-bond acceptors (Lipinski definition) is 4. The van der Waals surface area contributed by atoms with Crippen LogP contribution in [0.25, 0.3) is 11.1 Å². The molecule has 1 heterocycles. The van der Waals surface area contributed by atoms with E-state index >= 15 is 0 Å². The van der Waals surface area contributed by atoms with Crippen LogP contribution in [0.1, 0.15) is 18.4 Å². The molecule has 1 aliphatic rings. The van der Waals surface area contributed by atoms with Crippen LogP contribution in [0.2, 0.25) is 10.0 Å². The molecule has 0 bridgehead atoms. The standard InChI is InChI=1S/C18H18Cl2N2O4S/c19-15-8-7-14(10-16(15)20)13-5-3-12(4-6-13)11-22-17(18(23)21-24)2-1-9-27(22,25)26/h3-8,10,17,24H,1-2,9,11H2,(H,21,23)/t17-/m1/s1. The highest BCUT2D eigenvalue weighted by Gasteiger charge is 2.38. The zero-order valence-electron chi connectivity index (χ0n) is 14.2. The molecule has 9 heteroatoms. The van der Waals surface area contributed by atoms with E-state index in [4.69, 9.17) is 28.4 Å². The van der Waals surface area contributed by atoms with Gasteiger partial charge in [0.15, 0.2) is 0 Å². The van der Waals surface area contributed by atoms with Crippen LogP contribution in [0, 0.1) is 0 Å². The van der Waals surface area contributed by atoms with Crippen molar-refractivity contribution >= 4 is 39.1 Å². The molecule has 0 spiro atoms. The molecule has 2 N–H and O–H groups in total. The number of nitrogens with zero attached hydrogens (tertiary/aromatic N) is 1. The van der Waals surface area contributed by atoms with Crippen molar-refractivity contribution in [2.45, 2.75) is 25.4 Å². The average molecular weight is 429 g/mol. The summed E-state index contributed by atoms with van der Waals surface area (Å²) in [6.45, 7) is 0.0576. The Morgan fingerprint density at radius 3 is 2.41 bits per heavy atom. The van der Waals surface area contributed by atoms with E-state index in [1.807, 2.05) is 18.2 Å². The van der Waals surface area contributed by atoms with Gasteiger partial charge in [-0.05, 0) is 41.7 Å². The number of carbonyl (C=O) groups excluding carboxylic acids is 1. The Morgan fingerprint density at radius 1 is 1.11 bits per heavy atom. The normalized spacial score (nSPS) is 19.6. The van der Waals surface area contributed by atoms with Crippen LogP contribution in [0.15, 0.2) is 42.5 Å². The highest BCUT2D eigenvalue weighted by Crippen LogP contribution is 2.29. The fourth-order valence-electron chi connectivity index (χ4n) is 3.12. The number of sulfonamides is 1. The predicted octanol–water partition coefficient (Wildman–Crippen LogP) is 3.46. The Morgan fingerprint density at radius 2 is 1.78 bits per heavy atom. The van der Waals surface area contributed by atoms with Gasteiger partial charge in [0.05, 0.1) is 15.8 Å². The second kappa shape index (κ2) is 8.16. The lowest BCUT2D eigenvalue weighted by Gasteiger charge is -2.33. The van der Waals surface area contributed by atoms with Crippen LogP contribution in [-0.2, 0) is 21.4 Å². The van der Waals surface area contributed by atoms with Crippen molar-refractivity contribution in [1.29, 1.82) is 0 Å². The van der Waals surface area contributed by atoms with Gasteiger partial charge in [0.2, 0.25) is 10.0 Å². The number of halogens is 2. The number of hydrogen-bond donors (Lipinski definition) is 2. The number of nitrogens with one attached hydrogen (secondary N) is 1. The highest BCUT2D eigenvalue weighted by molar-refractivity contribution is 7.89. The molecule has 1 aliphatic heterocycles. The molecule has 2 aromatic rings. The fourth-order valence-corrected chi connectivity index (χ4v) is 5.12. The van der Waals surface area contributed by atoms with Gasteiger partial charge in [-0.2, -0.15) is 4.31 Å². The first-order valence-corrected chi connectivity index (χ1v) is 10.7. The van der Waals surface area contributed by atoms with Crippen molar-refractivity contribution in [3.63, 3.8) is 0 Å². The minimum absolute atomic E-state index is 0.0104. The third-order valence-corrected chi connectivity index (χ3v) is 7.18. The third-order valence-electron chi connectivity index (χ3n) is 4.54. The largest absolute Gasteiger partial charge is 0.289 e. The summed E-state index contributed by atoms with van der Waals surface area (Å²) < 4.78 is 26.0. The highest BCUT2D eigenvalue weighted by atomic mass is 35.5. The van der Waals surface area contributed by atoms with Gasteiger partial charge in [-0.1, -0.05) is 53.5 Å². The van der Waals surface area contributed by atoms with Crippen molar-refractivity contribution in [1.82, 2.24) is 9.79 Å². The zero-order valence-corrected chi connectivity index (χ0v) is 16.6. The number of hydroxylamine groups is 1. The molecule has 1 atom stereocenters. The first kappa shape index (κ1) is 20.1. The molecule has 144 valence electrons. The van der Waals surface area contributed by atoms with Gasteiger partial charge in [-0.25, -0.2) is 13.9 Å². The van der Waals surface area contributed by atoms with Crippen LogP contribution < -0.4 is 5.48 Å². The minimum Gasteiger partial charge on any atom is -0.289 e. The van der Waals surface area contributed by atoms with E-state index in [0.29, 0.717) is 22.9 Å². The molecule has 0 aliphatic carbocycles. The Labute approximate surface area is 167 Å². The number of benzene rings is 2. The van der Waals surface area contributed by atoms with Crippen LogP contribution in [-0.4, -0.2) is 35.6 Å². The summed E-state index contributed by atoms with van der Waals surface area (Å²) in [4.78, 5) is 11.9. The van der Waals surface area contributed by atoms with Gasteiger partial charge in [-0.15, -0.1) is 0 Å². The summed E-state index contributed by atoms with van der Waals surface area (Å²) in [6, 6.07) is 11.7. The van der Waals surface area contributed by atoms with Crippen molar-refractivity contribution < 1.29 is 18.4 Å². The Kier molecular flexibility index (Phi) is 6.08. The molecule has 0 aromatic heterocycles. The van der Waals surface area contributed by atoms with Gasteiger partial charge >= 0.3 is 0 Å².